The highest BCUT2D eigenvalue weighted by Crippen LogP contribution is 2.52. The molecule has 164 valence electrons. The smallest absolute Gasteiger partial charge is 0.258 e. The molecule has 4 aliphatic rings. The first-order chi connectivity index (χ1) is 14.4. The fourth-order valence-corrected chi connectivity index (χ4v) is 5.55. The van der Waals surface area contributed by atoms with Crippen LogP contribution < -0.4 is 15.4 Å². The number of hydrogen-bond donors (Lipinski definition) is 2. The maximum absolute atomic E-state index is 13.4. The van der Waals surface area contributed by atoms with Crippen LogP contribution in [0.2, 0.25) is 5.02 Å². The van der Waals surface area contributed by atoms with E-state index < -0.39 is 5.82 Å². The van der Waals surface area contributed by atoms with Crippen LogP contribution in [-0.2, 0) is 14.3 Å². The lowest BCUT2D eigenvalue weighted by Crippen LogP contribution is -2.54. The molecule has 2 bridgehead atoms. The number of amides is 2. The predicted octanol–water partition coefficient (Wildman–Crippen LogP) is 2.92. The minimum absolute atomic E-state index is 0.00709. The first kappa shape index (κ1) is 21.7. The number of carbonyl (C=O) groups excluding carboxylic acids is 2. The van der Waals surface area contributed by atoms with Gasteiger partial charge in [0.25, 0.3) is 5.91 Å². The summed E-state index contributed by atoms with van der Waals surface area (Å²) in [6, 6.07) is 4.07. The van der Waals surface area contributed by atoms with E-state index in [9.17, 15) is 14.0 Å². The summed E-state index contributed by atoms with van der Waals surface area (Å²) >= 11 is 7.37. The number of hydrogen-bond acceptors (Lipinski definition) is 5. The molecule has 3 unspecified atom stereocenters. The van der Waals surface area contributed by atoms with Crippen molar-refractivity contribution in [3.8, 4) is 5.75 Å². The molecule has 1 heterocycles. The molecule has 0 spiro atoms. The van der Waals surface area contributed by atoms with E-state index in [2.05, 4.69) is 10.6 Å². The van der Waals surface area contributed by atoms with Crippen LogP contribution in [0.4, 0.5) is 4.39 Å². The monoisotopic (exact) mass is 456 g/mol. The molecular formula is C21H26ClFN2O4S. The largest absolute Gasteiger partial charge is 0.484 e. The fraction of sp³-hybridized carbons (Fsp3) is 0.619. The lowest BCUT2D eigenvalue weighted by Gasteiger charge is -2.39. The average Bonchev–Trinajstić information content (AvgIpc) is 3.36. The molecule has 5 rings (SSSR count). The summed E-state index contributed by atoms with van der Waals surface area (Å²) in [6.07, 6.45) is 5.97. The van der Waals surface area contributed by atoms with E-state index in [1.165, 1.54) is 12.1 Å². The zero-order chi connectivity index (χ0) is 21.3. The Bertz CT molecular complexity index is 820. The quantitative estimate of drug-likeness (QED) is 0.629. The minimum Gasteiger partial charge on any atom is -0.484 e. The van der Waals surface area contributed by atoms with Crippen molar-refractivity contribution >= 4 is 35.2 Å². The van der Waals surface area contributed by atoms with Crippen molar-refractivity contribution in [2.24, 2.45) is 5.92 Å². The normalized spacial score (nSPS) is 31.8. The molecule has 2 N–H and O–H groups in total. The van der Waals surface area contributed by atoms with Gasteiger partial charge in [0.15, 0.2) is 6.61 Å². The highest BCUT2D eigenvalue weighted by Gasteiger charge is 2.57. The zero-order valence-electron chi connectivity index (χ0n) is 16.8. The summed E-state index contributed by atoms with van der Waals surface area (Å²) in [6.45, 7) is -0.198. The summed E-state index contributed by atoms with van der Waals surface area (Å²) in [5.41, 5.74) is -0.235. The Morgan fingerprint density at radius 1 is 1.33 bits per heavy atom. The number of fused-ring (bicyclic) bond motifs is 1. The van der Waals surface area contributed by atoms with Gasteiger partial charge < -0.3 is 20.1 Å². The highest BCUT2D eigenvalue weighted by molar-refractivity contribution is 7.98. The Balaban J connectivity index is 1.22. The van der Waals surface area contributed by atoms with Crippen LogP contribution in [0.15, 0.2) is 18.2 Å². The van der Waals surface area contributed by atoms with Gasteiger partial charge in [-0.05, 0) is 56.4 Å². The van der Waals surface area contributed by atoms with E-state index in [1.54, 1.807) is 11.8 Å². The topological polar surface area (TPSA) is 76.7 Å². The van der Waals surface area contributed by atoms with Gasteiger partial charge >= 0.3 is 0 Å². The van der Waals surface area contributed by atoms with E-state index in [1.807, 2.05) is 6.26 Å². The van der Waals surface area contributed by atoms with Crippen molar-refractivity contribution < 1.29 is 23.5 Å². The fourth-order valence-electron chi connectivity index (χ4n) is 4.82. The van der Waals surface area contributed by atoms with E-state index in [0.29, 0.717) is 12.3 Å². The first-order valence-electron chi connectivity index (χ1n) is 10.2. The van der Waals surface area contributed by atoms with Gasteiger partial charge in [-0.1, -0.05) is 11.6 Å². The van der Waals surface area contributed by atoms with E-state index in [0.717, 1.165) is 37.5 Å². The third-order valence-corrected chi connectivity index (χ3v) is 7.25. The summed E-state index contributed by atoms with van der Waals surface area (Å²) in [4.78, 5) is 24.9. The number of nitrogens with one attached hydrogen (secondary N) is 2. The van der Waals surface area contributed by atoms with Crippen molar-refractivity contribution in [3.63, 3.8) is 0 Å². The van der Waals surface area contributed by atoms with Gasteiger partial charge in [0.05, 0.1) is 11.1 Å². The number of rotatable bonds is 8. The Hall–Kier alpha value is -1.51. The summed E-state index contributed by atoms with van der Waals surface area (Å²) in [5.74, 6) is 0.643. The van der Waals surface area contributed by atoms with Crippen LogP contribution >= 0.6 is 23.4 Å². The van der Waals surface area contributed by atoms with Crippen molar-refractivity contribution in [1.29, 1.82) is 0 Å². The second-order valence-corrected chi connectivity index (χ2v) is 9.78. The van der Waals surface area contributed by atoms with Gasteiger partial charge in [-0.2, -0.15) is 11.8 Å². The molecule has 6 nitrogen and oxygen atoms in total. The molecule has 0 radical (unpaired) electrons. The van der Waals surface area contributed by atoms with E-state index in [-0.39, 0.29) is 53.0 Å². The number of carbonyl (C=O) groups is 2. The average molecular weight is 457 g/mol. The van der Waals surface area contributed by atoms with Crippen LogP contribution in [0.5, 0.6) is 5.75 Å². The molecule has 3 aliphatic carbocycles. The van der Waals surface area contributed by atoms with Gasteiger partial charge in [-0.3, -0.25) is 9.59 Å². The van der Waals surface area contributed by atoms with Crippen LogP contribution in [0.25, 0.3) is 0 Å². The highest BCUT2D eigenvalue weighted by atomic mass is 35.5. The van der Waals surface area contributed by atoms with Gasteiger partial charge in [0.2, 0.25) is 5.91 Å². The van der Waals surface area contributed by atoms with Crippen molar-refractivity contribution in [2.75, 3.05) is 18.6 Å². The van der Waals surface area contributed by atoms with Crippen LogP contribution in [0, 0.1) is 11.7 Å². The number of thioether (sulfide) groups is 1. The van der Waals surface area contributed by atoms with Gasteiger partial charge in [-0.25, -0.2) is 4.39 Å². The van der Waals surface area contributed by atoms with Crippen LogP contribution in [0.3, 0.4) is 0 Å². The van der Waals surface area contributed by atoms with E-state index in [4.69, 9.17) is 21.1 Å². The molecule has 1 aliphatic heterocycles. The Kier molecular flexibility index (Phi) is 6.46. The zero-order valence-corrected chi connectivity index (χ0v) is 18.4. The predicted molar refractivity (Wildman–Crippen MR) is 113 cm³/mol. The molecule has 2 amide bonds. The Morgan fingerprint density at radius 2 is 2.13 bits per heavy atom. The molecular weight excluding hydrogens is 431 g/mol. The van der Waals surface area contributed by atoms with E-state index >= 15 is 0 Å². The van der Waals surface area contributed by atoms with Crippen molar-refractivity contribution in [1.82, 2.24) is 10.6 Å². The first-order valence-corrected chi connectivity index (χ1v) is 12.0. The Labute approximate surface area is 184 Å². The molecule has 3 saturated carbocycles. The summed E-state index contributed by atoms with van der Waals surface area (Å²) in [5, 5.41) is 6.19. The number of ether oxygens (including phenoxy) is 2. The van der Waals surface area contributed by atoms with Crippen LogP contribution in [0.1, 0.15) is 32.1 Å². The molecule has 1 saturated heterocycles. The third kappa shape index (κ3) is 4.70. The molecule has 3 atom stereocenters. The molecule has 4 fully saturated rings. The lowest BCUT2D eigenvalue weighted by atomic mass is 9.76. The second kappa shape index (κ2) is 8.93. The standard InChI is InChI=1S/C21H26ClFN2O4S/c1-30-11-14-3-5-18(29-14)20(27)25-21-7-12(8-21)17(9-21)24-19(26)10-28-13-2-4-15(22)16(23)6-13/h2,4,6,12,14,17-18H,3,5,7-11H2,1H3,(H,24,26)(H,25,27). The molecule has 1 aromatic carbocycles. The Morgan fingerprint density at radius 3 is 2.87 bits per heavy atom. The SMILES string of the molecule is CSCC1CCC(C(=O)NC23CC(C2)C(NC(=O)COc2ccc(Cl)c(F)c2)C3)O1. The van der Waals surface area contributed by atoms with Crippen molar-refractivity contribution in [2.45, 2.75) is 55.9 Å². The van der Waals surface area contributed by atoms with Gasteiger partial charge in [0.1, 0.15) is 17.7 Å². The maximum atomic E-state index is 13.4. The molecule has 0 aromatic heterocycles. The maximum Gasteiger partial charge on any atom is 0.258 e. The van der Waals surface area contributed by atoms with Gasteiger partial charge in [-0.15, -0.1) is 0 Å². The van der Waals surface area contributed by atoms with Gasteiger partial charge in [0, 0.05) is 23.4 Å². The number of benzene rings is 1. The molecule has 9 heteroatoms. The molecule has 30 heavy (non-hydrogen) atoms. The lowest BCUT2D eigenvalue weighted by molar-refractivity contribution is -0.134. The van der Waals surface area contributed by atoms with Crippen molar-refractivity contribution in [3.05, 3.63) is 29.0 Å². The summed E-state index contributed by atoms with van der Waals surface area (Å²) in [7, 11) is 0. The minimum atomic E-state index is -0.588. The second-order valence-electron chi connectivity index (χ2n) is 8.46. The third-order valence-electron chi connectivity index (χ3n) is 6.23. The summed E-state index contributed by atoms with van der Waals surface area (Å²) < 4.78 is 24.7. The number of halogens is 2. The van der Waals surface area contributed by atoms with Crippen LogP contribution in [-0.4, -0.2) is 54.2 Å². The molecule has 1 aromatic rings.